The van der Waals surface area contributed by atoms with Gasteiger partial charge in [-0.3, -0.25) is 4.98 Å². The van der Waals surface area contributed by atoms with Crippen LogP contribution in [0.5, 0.6) is 5.75 Å². The third kappa shape index (κ3) is 3.39. The molecule has 0 radical (unpaired) electrons. The topological polar surface area (TPSA) is 34.1 Å². The Bertz CT molecular complexity index is 613. The fourth-order valence-electron chi connectivity index (χ4n) is 2.33. The first-order valence-corrected chi connectivity index (χ1v) is 7.38. The van der Waals surface area contributed by atoms with Crippen molar-refractivity contribution in [3.63, 3.8) is 0 Å². The van der Waals surface area contributed by atoms with Gasteiger partial charge in [-0.25, -0.2) is 4.39 Å². The molecule has 0 amide bonds. The molecule has 1 N–H and O–H groups in total. The van der Waals surface area contributed by atoms with E-state index in [0.29, 0.717) is 11.8 Å². The van der Waals surface area contributed by atoms with Crippen LogP contribution in [0, 0.1) is 5.82 Å². The first-order valence-electron chi connectivity index (χ1n) is 7.38. The summed E-state index contributed by atoms with van der Waals surface area (Å²) < 4.78 is 19.9. The summed E-state index contributed by atoms with van der Waals surface area (Å²) in [5.41, 5.74) is 1.38. The van der Waals surface area contributed by atoms with Gasteiger partial charge in [-0.2, -0.15) is 0 Å². The standard InChI is InChI=1S/C17H19FN2O/c1-2-19-16(17-15(18)7-4-10-20-17)12-5-3-6-14(11-12)21-13-8-9-13/h3-7,10-11,13,16,19H,2,8-9H2,1H3. The van der Waals surface area contributed by atoms with Gasteiger partial charge < -0.3 is 10.1 Å². The average Bonchev–Trinajstić information content (AvgIpc) is 3.30. The van der Waals surface area contributed by atoms with E-state index < -0.39 is 0 Å². The van der Waals surface area contributed by atoms with Crippen molar-refractivity contribution in [1.82, 2.24) is 10.3 Å². The molecule has 3 nitrogen and oxygen atoms in total. The lowest BCUT2D eigenvalue weighted by atomic mass is 10.0. The van der Waals surface area contributed by atoms with Crippen molar-refractivity contribution >= 4 is 0 Å². The lowest BCUT2D eigenvalue weighted by molar-refractivity contribution is 0.302. The monoisotopic (exact) mass is 286 g/mol. The van der Waals surface area contributed by atoms with Crippen LogP contribution in [0.15, 0.2) is 42.6 Å². The lowest BCUT2D eigenvalue weighted by Gasteiger charge is -2.19. The number of pyridine rings is 1. The highest BCUT2D eigenvalue weighted by Gasteiger charge is 2.24. The second-order valence-electron chi connectivity index (χ2n) is 5.25. The number of ether oxygens (including phenoxy) is 1. The predicted octanol–water partition coefficient (Wildman–Crippen LogP) is 3.46. The van der Waals surface area contributed by atoms with Gasteiger partial charge in [0.15, 0.2) is 0 Å². The molecule has 4 heteroatoms. The number of hydrogen-bond donors (Lipinski definition) is 1. The van der Waals surface area contributed by atoms with Crippen molar-refractivity contribution in [3.8, 4) is 5.75 Å². The lowest BCUT2D eigenvalue weighted by Crippen LogP contribution is -2.24. The SMILES string of the molecule is CCNC(c1cccc(OC2CC2)c1)c1ncccc1F. The maximum atomic E-state index is 14.0. The van der Waals surface area contributed by atoms with Crippen LogP contribution in [-0.2, 0) is 0 Å². The zero-order chi connectivity index (χ0) is 14.7. The molecule has 1 aromatic carbocycles. The normalized spacial score (nSPS) is 15.7. The third-order valence-electron chi connectivity index (χ3n) is 3.49. The van der Waals surface area contributed by atoms with E-state index in [1.807, 2.05) is 31.2 Å². The molecule has 1 saturated carbocycles. The number of nitrogens with zero attached hydrogens (tertiary/aromatic N) is 1. The van der Waals surface area contributed by atoms with E-state index in [4.69, 9.17) is 4.74 Å². The second-order valence-corrected chi connectivity index (χ2v) is 5.25. The maximum absolute atomic E-state index is 14.0. The summed E-state index contributed by atoms with van der Waals surface area (Å²) in [5.74, 6) is 0.547. The summed E-state index contributed by atoms with van der Waals surface area (Å²) >= 11 is 0. The Kier molecular flexibility index (Phi) is 4.15. The van der Waals surface area contributed by atoms with E-state index in [-0.39, 0.29) is 11.9 Å². The van der Waals surface area contributed by atoms with Crippen LogP contribution < -0.4 is 10.1 Å². The van der Waals surface area contributed by atoms with Gasteiger partial charge >= 0.3 is 0 Å². The number of nitrogens with one attached hydrogen (secondary N) is 1. The van der Waals surface area contributed by atoms with Crippen molar-refractivity contribution < 1.29 is 9.13 Å². The van der Waals surface area contributed by atoms with E-state index in [2.05, 4.69) is 10.3 Å². The second kappa shape index (κ2) is 6.22. The molecule has 1 aromatic heterocycles. The van der Waals surface area contributed by atoms with Gasteiger partial charge in [0.05, 0.1) is 17.8 Å². The Morgan fingerprint density at radius 3 is 2.90 bits per heavy atom. The maximum Gasteiger partial charge on any atom is 0.146 e. The smallest absolute Gasteiger partial charge is 0.146 e. The van der Waals surface area contributed by atoms with E-state index in [1.165, 1.54) is 6.07 Å². The largest absolute Gasteiger partial charge is 0.490 e. The predicted molar refractivity (Wildman–Crippen MR) is 79.8 cm³/mol. The van der Waals surface area contributed by atoms with E-state index in [0.717, 1.165) is 30.7 Å². The molecule has 0 bridgehead atoms. The Hall–Kier alpha value is -1.94. The zero-order valence-corrected chi connectivity index (χ0v) is 12.1. The minimum absolute atomic E-state index is 0.265. The van der Waals surface area contributed by atoms with Gasteiger partial charge in [-0.15, -0.1) is 0 Å². The molecule has 0 saturated heterocycles. The molecule has 1 fully saturated rings. The van der Waals surface area contributed by atoms with Crippen LogP contribution >= 0.6 is 0 Å². The van der Waals surface area contributed by atoms with Crippen molar-refractivity contribution in [3.05, 3.63) is 59.7 Å². The molecule has 110 valence electrons. The summed E-state index contributed by atoms with van der Waals surface area (Å²) in [5, 5.41) is 3.29. The molecule has 1 atom stereocenters. The Labute approximate surface area is 124 Å². The fraction of sp³-hybridized carbons (Fsp3) is 0.353. The van der Waals surface area contributed by atoms with E-state index >= 15 is 0 Å². The van der Waals surface area contributed by atoms with Crippen LogP contribution in [0.4, 0.5) is 4.39 Å². The van der Waals surface area contributed by atoms with Crippen LogP contribution in [0.1, 0.15) is 37.1 Å². The minimum atomic E-state index is -0.294. The van der Waals surface area contributed by atoms with Crippen LogP contribution in [-0.4, -0.2) is 17.6 Å². The van der Waals surface area contributed by atoms with Gasteiger partial charge in [-0.1, -0.05) is 19.1 Å². The van der Waals surface area contributed by atoms with Gasteiger partial charge in [0.1, 0.15) is 11.6 Å². The molecular formula is C17H19FN2O. The number of rotatable bonds is 6. The average molecular weight is 286 g/mol. The Balaban J connectivity index is 1.91. The number of aromatic nitrogens is 1. The van der Waals surface area contributed by atoms with E-state index in [1.54, 1.807) is 12.3 Å². The van der Waals surface area contributed by atoms with Gasteiger partial charge in [0.2, 0.25) is 0 Å². The molecule has 1 unspecified atom stereocenters. The molecule has 1 heterocycles. The molecule has 21 heavy (non-hydrogen) atoms. The fourth-order valence-corrected chi connectivity index (χ4v) is 2.33. The van der Waals surface area contributed by atoms with E-state index in [9.17, 15) is 4.39 Å². The summed E-state index contributed by atoms with van der Waals surface area (Å²) in [6.07, 6.45) is 4.21. The number of benzene rings is 1. The Morgan fingerprint density at radius 2 is 2.19 bits per heavy atom. The molecule has 1 aliphatic rings. The van der Waals surface area contributed by atoms with Crippen LogP contribution in [0.3, 0.4) is 0 Å². The van der Waals surface area contributed by atoms with Crippen molar-refractivity contribution in [1.29, 1.82) is 0 Å². The summed E-state index contributed by atoms with van der Waals surface area (Å²) in [7, 11) is 0. The first kappa shape index (κ1) is 14.0. The minimum Gasteiger partial charge on any atom is -0.490 e. The number of hydrogen-bond acceptors (Lipinski definition) is 3. The highest BCUT2D eigenvalue weighted by Crippen LogP contribution is 2.30. The quantitative estimate of drug-likeness (QED) is 0.883. The summed E-state index contributed by atoms with van der Waals surface area (Å²) in [6, 6.07) is 10.6. The van der Waals surface area contributed by atoms with Crippen molar-refractivity contribution in [2.75, 3.05) is 6.54 Å². The zero-order valence-electron chi connectivity index (χ0n) is 12.1. The highest BCUT2D eigenvalue weighted by atomic mass is 19.1. The highest BCUT2D eigenvalue weighted by molar-refractivity contribution is 5.35. The number of halogens is 1. The van der Waals surface area contributed by atoms with Gasteiger partial charge in [0, 0.05) is 6.20 Å². The molecule has 0 aliphatic heterocycles. The molecule has 1 aliphatic carbocycles. The van der Waals surface area contributed by atoms with Crippen LogP contribution in [0.2, 0.25) is 0 Å². The van der Waals surface area contributed by atoms with Gasteiger partial charge in [0.25, 0.3) is 0 Å². The van der Waals surface area contributed by atoms with Gasteiger partial charge in [-0.05, 0) is 49.2 Å². The van der Waals surface area contributed by atoms with Crippen molar-refractivity contribution in [2.45, 2.75) is 31.9 Å². The Morgan fingerprint density at radius 1 is 1.33 bits per heavy atom. The first-order chi connectivity index (χ1) is 10.3. The molecule has 3 rings (SSSR count). The van der Waals surface area contributed by atoms with Crippen molar-refractivity contribution in [2.24, 2.45) is 0 Å². The summed E-state index contributed by atoms with van der Waals surface area (Å²) in [6.45, 7) is 2.73. The molecule has 0 spiro atoms. The van der Waals surface area contributed by atoms with Crippen LogP contribution in [0.25, 0.3) is 0 Å². The summed E-state index contributed by atoms with van der Waals surface area (Å²) in [4.78, 5) is 4.20. The molecule has 2 aromatic rings. The third-order valence-corrected chi connectivity index (χ3v) is 3.49. The molecular weight excluding hydrogens is 267 g/mol.